The highest BCUT2D eigenvalue weighted by atomic mass is 16.5. The molecule has 22 heavy (non-hydrogen) atoms. The Labute approximate surface area is 130 Å². The van der Waals surface area contributed by atoms with Gasteiger partial charge in [0.05, 0.1) is 6.61 Å². The standard InChI is InChI=1S/C18H20N2O2/c1-2-22-17-12-10-16(11-13-17)18(21)20-19-14-6-9-15-7-4-3-5-8-15/h3-5,7-8,10-14H,2,6,9H2,1H3,(H,20,21)/b19-14+. The van der Waals surface area contributed by atoms with Gasteiger partial charge in [0, 0.05) is 11.8 Å². The first-order valence-corrected chi connectivity index (χ1v) is 7.38. The number of hydrogen-bond donors (Lipinski definition) is 1. The molecule has 0 aromatic heterocycles. The molecule has 0 spiro atoms. The molecule has 0 bridgehead atoms. The monoisotopic (exact) mass is 296 g/mol. The number of hydrogen-bond acceptors (Lipinski definition) is 3. The minimum absolute atomic E-state index is 0.223. The van der Waals surface area contributed by atoms with Gasteiger partial charge in [0.25, 0.3) is 5.91 Å². The van der Waals surface area contributed by atoms with E-state index in [9.17, 15) is 4.79 Å². The number of nitrogens with zero attached hydrogens (tertiary/aromatic N) is 1. The van der Waals surface area contributed by atoms with E-state index in [4.69, 9.17) is 4.74 Å². The lowest BCUT2D eigenvalue weighted by Crippen LogP contribution is -2.17. The number of rotatable bonds is 7. The van der Waals surface area contributed by atoms with E-state index in [1.165, 1.54) is 5.56 Å². The van der Waals surface area contributed by atoms with Gasteiger partial charge < -0.3 is 4.74 Å². The second-order valence-electron chi connectivity index (χ2n) is 4.73. The molecule has 0 aliphatic heterocycles. The van der Waals surface area contributed by atoms with Crippen LogP contribution in [0.15, 0.2) is 59.7 Å². The first-order chi connectivity index (χ1) is 10.8. The highest BCUT2D eigenvalue weighted by molar-refractivity contribution is 5.94. The SMILES string of the molecule is CCOc1ccc(C(=O)N/N=C/CCc2ccccc2)cc1. The minimum Gasteiger partial charge on any atom is -0.494 e. The second-order valence-corrected chi connectivity index (χ2v) is 4.73. The summed E-state index contributed by atoms with van der Waals surface area (Å²) in [6.45, 7) is 2.53. The fourth-order valence-electron chi connectivity index (χ4n) is 1.98. The average Bonchev–Trinajstić information content (AvgIpc) is 2.56. The molecule has 0 aliphatic carbocycles. The van der Waals surface area contributed by atoms with Crippen molar-refractivity contribution in [2.45, 2.75) is 19.8 Å². The van der Waals surface area contributed by atoms with Crippen molar-refractivity contribution in [3.05, 3.63) is 65.7 Å². The largest absolute Gasteiger partial charge is 0.494 e. The van der Waals surface area contributed by atoms with Gasteiger partial charge in [-0.25, -0.2) is 5.43 Å². The normalized spacial score (nSPS) is 10.6. The second kappa shape index (κ2) is 8.62. The van der Waals surface area contributed by atoms with Crippen molar-refractivity contribution in [2.75, 3.05) is 6.61 Å². The van der Waals surface area contributed by atoms with Crippen LogP contribution in [0, 0.1) is 0 Å². The molecule has 0 saturated heterocycles. The van der Waals surface area contributed by atoms with E-state index in [1.807, 2.05) is 25.1 Å². The minimum atomic E-state index is -0.223. The number of aryl methyl sites for hydroxylation is 1. The topological polar surface area (TPSA) is 50.7 Å². The van der Waals surface area contributed by atoms with Gasteiger partial charge in [-0.1, -0.05) is 30.3 Å². The van der Waals surface area contributed by atoms with Crippen LogP contribution in [0.5, 0.6) is 5.75 Å². The molecule has 1 N–H and O–H groups in total. The van der Waals surface area contributed by atoms with Crippen molar-refractivity contribution < 1.29 is 9.53 Å². The van der Waals surface area contributed by atoms with E-state index in [0.717, 1.165) is 18.6 Å². The Morgan fingerprint density at radius 2 is 1.86 bits per heavy atom. The van der Waals surface area contributed by atoms with Crippen LogP contribution in [-0.2, 0) is 6.42 Å². The van der Waals surface area contributed by atoms with Crippen molar-refractivity contribution in [2.24, 2.45) is 5.10 Å². The number of carbonyl (C=O) groups excluding carboxylic acids is 1. The Hall–Kier alpha value is -2.62. The van der Waals surface area contributed by atoms with E-state index in [1.54, 1.807) is 30.5 Å². The van der Waals surface area contributed by atoms with Crippen molar-refractivity contribution in [1.82, 2.24) is 5.43 Å². The summed E-state index contributed by atoms with van der Waals surface area (Å²) in [5.41, 5.74) is 4.34. The van der Waals surface area contributed by atoms with E-state index < -0.39 is 0 Å². The molecule has 1 amide bonds. The molecule has 2 rings (SSSR count). The number of carbonyl (C=O) groups is 1. The van der Waals surface area contributed by atoms with Gasteiger partial charge in [0.2, 0.25) is 0 Å². The maximum Gasteiger partial charge on any atom is 0.271 e. The van der Waals surface area contributed by atoms with Crippen LogP contribution in [0.25, 0.3) is 0 Å². The van der Waals surface area contributed by atoms with Crippen LogP contribution in [-0.4, -0.2) is 18.7 Å². The first kappa shape index (κ1) is 15.8. The molecule has 0 saturated carbocycles. The lowest BCUT2D eigenvalue weighted by atomic mass is 10.1. The van der Waals surface area contributed by atoms with Gasteiger partial charge in [0.1, 0.15) is 5.75 Å². The molecule has 0 radical (unpaired) electrons. The highest BCUT2D eigenvalue weighted by Crippen LogP contribution is 2.11. The molecule has 4 nitrogen and oxygen atoms in total. The average molecular weight is 296 g/mol. The third-order valence-corrected chi connectivity index (χ3v) is 3.09. The van der Waals surface area contributed by atoms with Crippen molar-refractivity contribution in [3.8, 4) is 5.75 Å². The van der Waals surface area contributed by atoms with Crippen LogP contribution >= 0.6 is 0 Å². The lowest BCUT2D eigenvalue weighted by Gasteiger charge is -2.04. The van der Waals surface area contributed by atoms with Gasteiger partial charge >= 0.3 is 0 Å². The highest BCUT2D eigenvalue weighted by Gasteiger charge is 2.03. The predicted molar refractivity (Wildman–Crippen MR) is 88.3 cm³/mol. The quantitative estimate of drug-likeness (QED) is 0.628. The summed E-state index contributed by atoms with van der Waals surface area (Å²) in [4.78, 5) is 11.9. The molecule has 0 heterocycles. The van der Waals surface area contributed by atoms with E-state index in [0.29, 0.717) is 12.2 Å². The van der Waals surface area contributed by atoms with Gasteiger partial charge in [-0.2, -0.15) is 5.10 Å². The molecular formula is C18H20N2O2. The van der Waals surface area contributed by atoms with Crippen LogP contribution in [0.3, 0.4) is 0 Å². The number of ether oxygens (including phenoxy) is 1. The zero-order valence-electron chi connectivity index (χ0n) is 12.7. The van der Waals surface area contributed by atoms with E-state index in [-0.39, 0.29) is 5.91 Å². The Balaban J connectivity index is 1.76. The Kier molecular flexibility index (Phi) is 6.18. The Morgan fingerprint density at radius 3 is 2.55 bits per heavy atom. The fraction of sp³-hybridized carbons (Fsp3) is 0.222. The zero-order valence-corrected chi connectivity index (χ0v) is 12.7. The Morgan fingerprint density at radius 1 is 1.14 bits per heavy atom. The Bertz CT molecular complexity index is 607. The molecule has 0 fully saturated rings. The summed E-state index contributed by atoms with van der Waals surface area (Å²) < 4.78 is 5.33. The van der Waals surface area contributed by atoms with Crippen molar-refractivity contribution >= 4 is 12.1 Å². The summed E-state index contributed by atoms with van der Waals surface area (Å²) in [6, 6.07) is 17.2. The van der Waals surface area contributed by atoms with Gasteiger partial charge in [-0.3, -0.25) is 4.79 Å². The predicted octanol–water partition coefficient (Wildman–Crippen LogP) is 3.43. The zero-order chi connectivity index (χ0) is 15.6. The molecular weight excluding hydrogens is 276 g/mol. The summed E-state index contributed by atoms with van der Waals surface area (Å²) in [6.07, 6.45) is 3.41. The third kappa shape index (κ3) is 5.05. The summed E-state index contributed by atoms with van der Waals surface area (Å²) >= 11 is 0. The van der Waals surface area contributed by atoms with E-state index >= 15 is 0 Å². The van der Waals surface area contributed by atoms with Gasteiger partial charge in [0.15, 0.2) is 0 Å². The molecule has 114 valence electrons. The summed E-state index contributed by atoms with van der Waals surface area (Å²) in [7, 11) is 0. The molecule has 4 heteroatoms. The molecule has 2 aromatic carbocycles. The van der Waals surface area contributed by atoms with Crippen LogP contribution in [0.2, 0.25) is 0 Å². The number of amides is 1. The maximum atomic E-state index is 11.9. The van der Waals surface area contributed by atoms with E-state index in [2.05, 4.69) is 22.7 Å². The first-order valence-electron chi connectivity index (χ1n) is 7.38. The lowest BCUT2D eigenvalue weighted by molar-refractivity contribution is 0.0955. The number of benzene rings is 2. The summed E-state index contributed by atoms with van der Waals surface area (Å²) in [5.74, 6) is 0.532. The van der Waals surface area contributed by atoms with Crippen molar-refractivity contribution in [3.63, 3.8) is 0 Å². The fourth-order valence-corrected chi connectivity index (χ4v) is 1.98. The van der Waals surface area contributed by atoms with Gasteiger partial charge in [-0.15, -0.1) is 0 Å². The number of hydrazone groups is 1. The molecule has 0 aliphatic rings. The molecule has 0 unspecified atom stereocenters. The molecule has 0 atom stereocenters. The van der Waals surface area contributed by atoms with Crippen LogP contribution in [0.1, 0.15) is 29.3 Å². The number of nitrogens with one attached hydrogen (secondary N) is 1. The van der Waals surface area contributed by atoms with Gasteiger partial charge in [-0.05, 0) is 49.6 Å². The third-order valence-electron chi connectivity index (χ3n) is 3.09. The van der Waals surface area contributed by atoms with Crippen LogP contribution in [0.4, 0.5) is 0 Å². The maximum absolute atomic E-state index is 11.9. The smallest absolute Gasteiger partial charge is 0.271 e. The van der Waals surface area contributed by atoms with Crippen molar-refractivity contribution in [1.29, 1.82) is 0 Å². The molecule has 2 aromatic rings. The summed E-state index contributed by atoms with van der Waals surface area (Å²) in [5, 5.41) is 3.97. The van der Waals surface area contributed by atoms with Crippen LogP contribution < -0.4 is 10.2 Å².